The molecule has 0 fully saturated rings. The first-order valence-corrected chi connectivity index (χ1v) is 12.2. The fraction of sp³-hybridized carbons (Fsp3) is 0.333. The molecule has 0 unspecified atom stereocenters. The topological polar surface area (TPSA) is 32.7 Å². The minimum Gasteiger partial charge on any atom is -0.320 e. The van der Waals surface area contributed by atoms with Crippen molar-refractivity contribution in [3.8, 4) is 0 Å². The highest BCUT2D eigenvalue weighted by molar-refractivity contribution is 6.73. The molecule has 0 atom stereocenters. The quantitative estimate of drug-likeness (QED) is 0.376. The van der Waals surface area contributed by atoms with Gasteiger partial charge in [-0.2, -0.15) is 5.10 Å². The first-order chi connectivity index (χ1) is 11.9. The standard InChI is InChI=1S/C21H28N2OSi/c1-18(24)15-16-21(20-13-9-6-10-14-20)22-23(25(2,3)4)17-19-11-7-5-8-12-19/h5-14H,15-17H2,1-4H3. The Morgan fingerprint density at radius 2 is 1.48 bits per heavy atom. The Morgan fingerprint density at radius 1 is 0.920 bits per heavy atom. The molecule has 2 aromatic carbocycles. The summed E-state index contributed by atoms with van der Waals surface area (Å²) in [5, 5.41) is 5.04. The smallest absolute Gasteiger partial charge is 0.169 e. The third-order valence-corrected chi connectivity index (χ3v) is 5.82. The van der Waals surface area contributed by atoms with Crippen molar-refractivity contribution in [3.05, 3.63) is 71.8 Å². The molecule has 0 heterocycles. The minimum absolute atomic E-state index is 0.200. The summed E-state index contributed by atoms with van der Waals surface area (Å²) in [7, 11) is -1.66. The van der Waals surface area contributed by atoms with Crippen LogP contribution in [0.5, 0.6) is 0 Å². The molecule has 0 bridgehead atoms. The van der Waals surface area contributed by atoms with Gasteiger partial charge in [0.2, 0.25) is 0 Å². The second kappa shape index (κ2) is 8.76. The monoisotopic (exact) mass is 352 g/mol. The third-order valence-electron chi connectivity index (χ3n) is 4.01. The van der Waals surface area contributed by atoms with E-state index in [2.05, 4.69) is 60.7 Å². The van der Waals surface area contributed by atoms with Gasteiger partial charge in [-0.15, -0.1) is 0 Å². The zero-order valence-electron chi connectivity index (χ0n) is 15.7. The number of hydrogen-bond donors (Lipinski definition) is 0. The van der Waals surface area contributed by atoms with E-state index in [-0.39, 0.29) is 5.78 Å². The fourth-order valence-corrected chi connectivity index (χ4v) is 3.58. The highest BCUT2D eigenvalue weighted by atomic mass is 28.3. The van der Waals surface area contributed by atoms with Gasteiger partial charge >= 0.3 is 0 Å². The van der Waals surface area contributed by atoms with Crippen molar-refractivity contribution >= 4 is 19.7 Å². The summed E-state index contributed by atoms with van der Waals surface area (Å²) in [6.45, 7) is 9.34. The van der Waals surface area contributed by atoms with Gasteiger partial charge in [0.1, 0.15) is 5.78 Å². The zero-order chi connectivity index (χ0) is 18.3. The largest absolute Gasteiger partial charge is 0.320 e. The maximum absolute atomic E-state index is 11.5. The van der Waals surface area contributed by atoms with E-state index in [1.807, 2.05) is 24.3 Å². The molecule has 0 spiro atoms. The lowest BCUT2D eigenvalue weighted by molar-refractivity contribution is -0.116. The number of Topliss-reactive ketones (excluding diaryl/α,β-unsaturated/α-hetero) is 1. The first kappa shape index (κ1) is 19.1. The Hall–Kier alpha value is -2.20. The SMILES string of the molecule is CC(=O)CCC(=NN(Cc1ccccc1)[Si](C)(C)C)c1ccccc1. The molecule has 0 amide bonds. The maximum atomic E-state index is 11.5. The number of hydrogen-bond acceptors (Lipinski definition) is 3. The first-order valence-electron chi connectivity index (χ1n) is 8.80. The lowest BCUT2D eigenvalue weighted by Crippen LogP contribution is -2.42. The molecule has 2 aromatic rings. The van der Waals surface area contributed by atoms with Crippen molar-refractivity contribution in [2.24, 2.45) is 5.10 Å². The van der Waals surface area contributed by atoms with E-state index in [4.69, 9.17) is 5.10 Å². The van der Waals surface area contributed by atoms with Crippen LogP contribution in [0.3, 0.4) is 0 Å². The molecule has 0 aliphatic rings. The molecule has 0 aromatic heterocycles. The molecule has 0 aliphatic carbocycles. The van der Waals surface area contributed by atoms with Crippen LogP contribution >= 0.6 is 0 Å². The predicted molar refractivity (Wildman–Crippen MR) is 108 cm³/mol. The van der Waals surface area contributed by atoms with Gasteiger partial charge in [-0.25, -0.2) is 0 Å². The molecule has 0 aliphatic heterocycles. The number of nitrogens with zero attached hydrogens (tertiary/aromatic N) is 2. The van der Waals surface area contributed by atoms with Gasteiger partial charge in [0.05, 0.1) is 12.3 Å². The summed E-state index contributed by atoms with van der Waals surface area (Å²) in [6, 6.07) is 20.6. The average Bonchev–Trinajstić information content (AvgIpc) is 2.58. The molecule has 0 saturated carbocycles. The summed E-state index contributed by atoms with van der Waals surface area (Å²) in [5.41, 5.74) is 3.35. The highest BCUT2D eigenvalue weighted by Crippen LogP contribution is 2.18. The minimum atomic E-state index is -1.66. The Bertz CT molecular complexity index is 706. The van der Waals surface area contributed by atoms with Crippen molar-refractivity contribution in [1.29, 1.82) is 0 Å². The summed E-state index contributed by atoms with van der Waals surface area (Å²) in [5.74, 6) is 0.200. The number of rotatable bonds is 8. The van der Waals surface area contributed by atoms with Gasteiger partial charge in [0, 0.05) is 6.42 Å². The molecule has 0 radical (unpaired) electrons. The maximum Gasteiger partial charge on any atom is 0.169 e. The molecular weight excluding hydrogens is 324 g/mol. The van der Waals surface area contributed by atoms with Crippen LogP contribution in [0.25, 0.3) is 0 Å². The van der Waals surface area contributed by atoms with Gasteiger partial charge in [0.25, 0.3) is 0 Å². The van der Waals surface area contributed by atoms with Crippen molar-refractivity contribution < 1.29 is 4.79 Å². The zero-order valence-corrected chi connectivity index (χ0v) is 16.7. The second-order valence-electron chi connectivity index (χ2n) is 7.33. The highest BCUT2D eigenvalue weighted by Gasteiger charge is 2.24. The van der Waals surface area contributed by atoms with Crippen molar-refractivity contribution in [3.63, 3.8) is 0 Å². The summed E-state index contributed by atoms with van der Waals surface area (Å²) in [6.07, 6.45) is 1.20. The van der Waals surface area contributed by atoms with Crippen LogP contribution in [0.1, 0.15) is 30.9 Å². The van der Waals surface area contributed by atoms with Crippen LogP contribution < -0.4 is 0 Å². The van der Waals surface area contributed by atoms with Crippen LogP contribution in [-0.4, -0.2) is 24.4 Å². The van der Waals surface area contributed by atoms with E-state index in [1.54, 1.807) is 6.92 Å². The van der Waals surface area contributed by atoms with E-state index in [1.165, 1.54) is 5.56 Å². The molecular formula is C21H28N2OSi. The summed E-state index contributed by atoms with van der Waals surface area (Å²) < 4.78 is 2.25. The van der Waals surface area contributed by atoms with Gasteiger partial charge in [0.15, 0.2) is 8.24 Å². The molecule has 25 heavy (non-hydrogen) atoms. The van der Waals surface area contributed by atoms with Gasteiger partial charge in [-0.1, -0.05) is 80.3 Å². The molecule has 4 heteroatoms. The third kappa shape index (κ3) is 6.31. The molecule has 0 N–H and O–H groups in total. The summed E-state index contributed by atoms with van der Waals surface area (Å²) in [4.78, 5) is 11.5. The second-order valence-corrected chi connectivity index (χ2v) is 12.2. The Balaban J connectivity index is 2.35. The van der Waals surface area contributed by atoms with E-state index >= 15 is 0 Å². The Labute approximate surface area is 152 Å². The fourth-order valence-electron chi connectivity index (χ4n) is 2.50. The lowest BCUT2D eigenvalue weighted by Gasteiger charge is -2.32. The molecule has 0 saturated heterocycles. The van der Waals surface area contributed by atoms with Gasteiger partial charge < -0.3 is 9.47 Å². The Morgan fingerprint density at radius 3 is 2.00 bits per heavy atom. The molecule has 3 nitrogen and oxygen atoms in total. The van der Waals surface area contributed by atoms with E-state index in [9.17, 15) is 4.79 Å². The normalized spacial score (nSPS) is 12.1. The van der Waals surface area contributed by atoms with Crippen LogP contribution in [0.2, 0.25) is 19.6 Å². The molecule has 132 valence electrons. The summed E-state index contributed by atoms with van der Waals surface area (Å²) >= 11 is 0. The van der Waals surface area contributed by atoms with Crippen molar-refractivity contribution in [1.82, 2.24) is 4.67 Å². The van der Waals surface area contributed by atoms with Crippen LogP contribution in [0.15, 0.2) is 65.8 Å². The van der Waals surface area contributed by atoms with Crippen LogP contribution in [0, 0.1) is 0 Å². The van der Waals surface area contributed by atoms with E-state index < -0.39 is 8.24 Å². The number of ketones is 1. The number of benzene rings is 2. The Kier molecular flexibility index (Phi) is 6.71. The molecule has 2 rings (SSSR count). The number of carbonyl (C=O) groups excluding carboxylic acids is 1. The van der Waals surface area contributed by atoms with Crippen LogP contribution in [0.4, 0.5) is 0 Å². The van der Waals surface area contributed by atoms with E-state index in [0.717, 1.165) is 17.8 Å². The van der Waals surface area contributed by atoms with Crippen LogP contribution in [-0.2, 0) is 11.3 Å². The lowest BCUT2D eigenvalue weighted by atomic mass is 10.0. The number of carbonyl (C=O) groups is 1. The van der Waals surface area contributed by atoms with Crippen molar-refractivity contribution in [2.75, 3.05) is 0 Å². The van der Waals surface area contributed by atoms with Crippen molar-refractivity contribution in [2.45, 2.75) is 46.0 Å². The van der Waals surface area contributed by atoms with Gasteiger partial charge in [-0.3, -0.25) is 0 Å². The van der Waals surface area contributed by atoms with E-state index in [0.29, 0.717) is 12.8 Å². The average molecular weight is 353 g/mol. The predicted octanol–water partition coefficient (Wildman–Crippen LogP) is 5.10. The van der Waals surface area contributed by atoms with Gasteiger partial charge in [-0.05, 0) is 24.5 Å². The number of hydrazone groups is 1.